The molecule has 1 heterocycles. The first kappa shape index (κ1) is 22.7. The first-order valence-electron chi connectivity index (χ1n) is 9.16. The van der Waals surface area contributed by atoms with Crippen molar-refractivity contribution in [3.05, 3.63) is 36.2 Å². The van der Waals surface area contributed by atoms with Gasteiger partial charge >= 0.3 is 0 Å². The maximum atomic E-state index is 12.6. The van der Waals surface area contributed by atoms with Crippen LogP contribution in [0.1, 0.15) is 25.8 Å². The molecule has 1 aromatic heterocycles. The van der Waals surface area contributed by atoms with Gasteiger partial charge in [0.05, 0.1) is 25.3 Å². The van der Waals surface area contributed by atoms with Gasteiger partial charge in [0, 0.05) is 50.4 Å². The van der Waals surface area contributed by atoms with Crippen LogP contribution in [-0.2, 0) is 28.4 Å². The van der Waals surface area contributed by atoms with Crippen molar-refractivity contribution >= 4 is 15.9 Å². The Morgan fingerprint density at radius 3 is 2.48 bits per heavy atom. The molecule has 9 nitrogen and oxygen atoms in total. The second kappa shape index (κ2) is 9.75. The molecular weight excluding hydrogens is 396 g/mol. The molecule has 1 aromatic carbocycles. The predicted octanol–water partition coefficient (Wildman–Crippen LogP) is 1.54. The highest BCUT2D eigenvalue weighted by Gasteiger charge is 2.20. The SMILES string of the molecule is COc1ccc(S(=O)(=O)NCCC(=O)N(Cc2cnn(C)c2)C(C)C)cc1OC. The lowest BCUT2D eigenvalue weighted by Gasteiger charge is -2.26. The van der Waals surface area contributed by atoms with Crippen LogP contribution in [0, 0.1) is 0 Å². The van der Waals surface area contributed by atoms with Crippen LogP contribution in [0.3, 0.4) is 0 Å². The van der Waals surface area contributed by atoms with E-state index < -0.39 is 10.0 Å². The number of carbonyl (C=O) groups is 1. The molecule has 0 aliphatic carbocycles. The summed E-state index contributed by atoms with van der Waals surface area (Å²) in [5, 5.41) is 4.11. The number of sulfonamides is 1. The van der Waals surface area contributed by atoms with Crippen molar-refractivity contribution in [2.24, 2.45) is 7.05 Å². The largest absolute Gasteiger partial charge is 0.493 e. The summed E-state index contributed by atoms with van der Waals surface area (Å²) in [7, 11) is 0.937. The minimum Gasteiger partial charge on any atom is -0.493 e. The Bertz CT molecular complexity index is 940. The molecule has 29 heavy (non-hydrogen) atoms. The van der Waals surface area contributed by atoms with Gasteiger partial charge in [-0.3, -0.25) is 9.48 Å². The molecule has 0 saturated carbocycles. The van der Waals surface area contributed by atoms with Crippen molar-refractivity contribution in [2.45, 2.75) is 37.8 Å². The van der Waals surface area contributed by atoms with E-state index in [4.69, 9.17) is 9.47 Å². The summed E-state index contributed by atoms with van der Waals surface area (Å²) in [6, 6.07) is 4.30. The summed E-state index contributed by atoms with van der Waals surface area (Å²) < 4.78 is 39.5. The summed E-state index contributed by atoms with van der Waals surface area (Å²) in [5.41, 5.74) is 0.917. The Balaban J connectivity index is 2.00. The van der Waals surface area contributed by atoms with Crippen molar-refractivity contribution in [1.82, 2.24) is 19.4 Å². The smallest absolute Gasteiger partial charge is 0.240 e. The average Bonchev–Trinajstić information content (AvgIpc) is 3.09. The lowest BCUT2D eigenvalue weighted by Crippen LogP contribution is -2.38. The van der Waals surface area contributed by atoms with E-state index >= 15 is 0 Å². The fraction of sp³-hybridized carbons (Fsp3) is 0.474. The van der Waals surface area contributed by atoms with Gasteiger partial charge in [-0.25, -0.2) is 13.1 Å². The molecule has 160 valence electrons. The van der Waals surface area contributed by atoms with Crippen molar-refractivity contribution < 1.29 is 22.7 Å². The number of aromatic nitrogens is 2. The van der Waals surface area contributed by atoms with Crippen molar-refractivity contribution in [2.75, 3.05) is 20.8 Å². The van der Waals surface area contributed by atoms with Crippen LogP contribution in [0.4, 0.5) is 0 Å². The summed E-state index contributed by atoms with van der Waals surface area (Å²) in [6.45, 7) is 4.25. The number of hydrogen-bond acceptors (Lipinski definition) is 6. The number of nitrogens with zero attached hydrogens (tertiary/aromatic N) is 3. The maximum Gasteiger partial charge on any atom is 0.240 e. The molecule has 0 fully saturated rings. The van der Waals surface area contributed by atoms with Gasteiger partial charge < -0.3 is 14.4 Å². The number of methoxy groups -OCH3 is 2. The third-order valence-corrected chi connectivity index (χ3v) is 5.81. The van der Waals surface area contributed by atoms with E-state index in [1.807, 2.05) is 27.1 Å². The molecule has 0 saturated heterocycles. The van der Waals surface area contributed by atoms with Gasteiger partial charge in [0.2, 0.25) is 15.9 Å². The Hall–Kier alpha value is -2.59. The zero-order chi connectivity index (χ0) is 21.6. The topological polar surface area (TPSA) is 103 Å². The fourth-order valence-corrected chi connectivity index (χ4v) is 3.86. The van der Waals surface area contributed by atoms with Gasteiger partial charge in [-0.1, -0.05) is 0 Å². The third kappa shape index (κ3) is 5.94. The molecule has 1 N–H and O–H groups in total. The number of benzene rings is 1. The van der Waals surface area contributed by atoms with Crippen LogP contribution < -0.4 is 14.2 Å². The second-order valence-corrected chi connectivity index (χ2v) is 8.57. The highest BCUT2D eigenvalue weighted by atomic mass is 32.2. The minimum atomic E-state index is -3.78. The van der Waals surface area contributed by atoms with Crippen LogP contribution >= 0.6 is 0 Å². The molecule has 0 aliphatic heterocycles. The molecule has 0 radical (unpaired) electrons. The number of ether oxygens (including phenoxy) is 2. The number of hydrogen-bond donors (Lipinski definition) is 1. The number of nitrogens with one attached hydrogen (secondary N) is 1. The van der Waals surface area contributed by atoms with Crippen molar-refractivity contribution in [3.63, 3.8) is 0 Å². The monoisotopic (exact) mass is 424 g/mol. The number of aryl methyl sites for hydroxylation is 1. The number of carbonyl (C=O) groups excluding carboxylic acids is 1. The van der Waals surface area contributed by atoms with E-state index in [-0.39, 0.29) is 29.8 Å². The summed E-state index contributed by atoms with van der Waals surface area (Å²) in [5.74, 6) is 0.609. The number of rotatable bonds is 10. The molecule has 0 atom stereocenters. The average molecular weight is 425 g/mol. The highest BCUT2D eigenvalue weighted by Crippen LogP contribution is 2.29. The minimum absolute atomic E-state index is 0.00816. The van der Waals surface area contributed by atoms with Crippen molar-refractivity contribution in [3.8, 4) is 11.5 Å². The van der Waals surface area contributed by atoms with Gasteiger partial charge in [-0.05, 0) is 26.0 Å². The Morgan fingerprint density at radius 1 is 1.24 bits per heavy atom. The van der Waals surface area contributed by atoms with Gasteiger partial charge in [-0.15, -0.1) is 0 Å². The van der Waals surface area contributed by atoms with Crippen LogP contribution in [0.25, 0.3) is 0 Å². The van der Waals surface area contributed by atoms with Crippen LogP contribution in [0.15, 0.2) is 35.5 Å². The molecule has 0 bridgehead atoms. The lowest BCUT2D eigenvalue weighted by molar-refractivity contribution is -0.133. The summed E-state index contributed by atoms with van der Waals surface area (Å²) >= 11 is 0. The Labute approximate surface area is 171 Å². The molecule has 0 unspecified atom stereocenters. The first-order valence-corrected chi connectivity index (χ1v) is 10.6. The molecule has 0 aliphatic rings. The van der Waals surface area contributed by atoms with E-state index in [1.54, 1.807) is 15.8 Å². The molecule has 0 spiro atoms. The van der Waals surface area contributed by atoms with Crippen LogP contribution in [-0.4, -0.2) is 55.8 Å². The molecular formula is C19H28N4O5S. The fourth-order valence-electron chi connectivity index (χ4n) is 2.81. The first-order chi connectivity index (χ1) is 13.7. The number of amides is 1. The van der Waals surface area contributed by atoms with Gasteiger partial charge in [0.1, 0.15) is 0 Å². The molecule has 10 heteroatoms. The predicted molar refractivity (Wildman–Crippen MR) is 108 cm³/mol. The lowest BCUT2D eigenvalue weighted by atomic mass is 10.2. The van der Waals surface area contributed by atoms with E-state index in [0.29, 0.717) is 18.0 Å². The van der Waals surface area contributed by atoms with Gasteiger partial charge in [0.15, 0.2) is 11.5 Å². The molecule has 2 rings (SSSR count). The zero-order valence-electron chi connectivity index (χ0n) is 17.4. The normalized spacial score (nSPS) is 11.5. The van der Waals surface area contributed by atoms with Crippen LogP contribution in [0.2, 0.25) is 0 Å². The second-order valence-electron chi connectivity index (χ2n) is 6.80. The maximum absolute atomic E-state index is 12.6. The quantitative estimate of drug-likeness (QED) is 0.621. The highest BCUT2D eigenvalue weighted by molar-refractivity contribution is 7.89. The van der Waals surface area contributed by atoms with Crippen LogP contribution in [0.5, 0.6) is 11.5 Å². The van der Waals surface area contributed by atoms with Gasteiger partial charge in [0.25, 0.3) is 0 Å². The standard InChI is InChI=1S/C19H28N4O5S/c1-14(2)23(13-15-11-20-22(3)12-15)19(24)8-9-21-29(25,26)16-6-7-17(27-4)18(10-16)28-5/h6-7,10-12,14,21H,8-9,13H2,1-5H3. The van der Waals surface area contributed by atoms with E-state index in [9.17, 15) is 13.2 Å². The summed E-state index contributed by atoms with van der Waals surface area (Å²) in [6.07, 6.45) is 3.61. The molecule has 1 amide bonds. The Morgan fingerprint density at radius 2 is 1.93 bits per heavy atom. The summed E-state index contributed by atoms with van der Waals surface area (Å²) in [4.78, 5) is 14.4. The van der Waals surface area contributed by atoms with Crippen molar-refractivity contribution in [1.29, 1.82) is 0 Å². The third-order valence-electron chi connectivity index (χ3n) is 4.35. The zero-order valence-corrected chi connectivity index (χ0v) is 18.2. The van der Waals surface area contributed by atoms with E-state index in [0.717, 1.165) is 5.56 Å². The molecule has 2 aromatic rings. The Kier molecular flexibility index (Phi) is 7.63. The van der Waals surface area contributed by atoms with E-state index in [2.05, 4.69) is 9.82 Å². The van der Waals surface area contributed by atoms with Gasteiger partial charge in [-0.2, -0.15) is 5.10 Å². The van der Waals surface area contributed by atoms with E-state index in [1.165, 1.54) is 32.4 Å².